The molecule has 1 atom stereocenters. The predicted molar refractivity (Wildman–Crippen MR) is 275 cm³/mol. The van der Waals surface area contributed by atoms with Crippen LogP contribution in [0, 0.1) is 0 Å². The molecule has 0 aromatic carbocycles. The fourth-order valence-corrected chi connectivity index (χ4v) is 7.86. The summed E-state index contributed by atoms with van der Waals surface area (Å²) in [4.78, 5) is 37.8. The Morgan fingerprint density at radius 1 is 0.312 bits per heavy atom. The predicted octanol–water partition coefficient (Wildman–Crippen LogP) is 18.3. The van der Waals surface area contributed by atoms with Crippen molar-refractivity contribution in [3.63, 3.8) is 0 Å². The molecule has 0 aliphatic heterocycles. The number of unbranched alkanes of at least 4 members (excludes halogenated alkanes) is 31. The van der Waals surface area contributed by atoms with Crippen molar-refractivity contribution in [2.24, 2.45) is 0 Å². The minimum atomic E-state index is -0.774. The molecule has 0 aliphatic rings. The van der Waals surface area contributed by atoms with Crippen LogP contribution in [0.15, 0.2) is 48.6 Å². The quantitative estimate of drug-likeness (QED) is 0.0262. The second-order valence-electron chi connectivity index (χ2n) is 18.5. The summed E-state index contributed by atoms with van der Waals surface area (Å²) in [6.45, 7) is 6.57. The molecule has 0 bridgehead atoms. The van der Waals surface area contributed by atoms with Crippen molar-refractivity contribution in [1.82, 2.24) is 0 Å². The summed E-state index contributed by atoms with van der Waals surface area (Å²) >= 11 is 0. The summed E-state index contributed by atoms with van der Waals surface area (Å²) < 4.78 is 16.7. The van der Waals surface area contributed by atoms with Crippen molar-refractivity contribution in [3.05, 3.63) is 48.6 Å². The van der Waals surface area contributed by atoms with E-state index in [-0.39, 0.29) is 31.1 Å². The second-order valence-corrected chi connectivity index (χ2v) is 18.5. The van der Waals surface area contributed by atoms with E-state index in [2.05, 4.69) is 69.4 Å². The van der Waals surface area contributed by atoms with E-state index < -0.39 is 6.10 Å². The van der Waals surface area contributed by atoms with Gasteiger partial charge in [0.15, 0.2) is 6.10 Å². The fraction of sp³-hybridized carbons (Fsp3) is 0.810. The van der Waals surface area contributed by atoms with Crippen LogP contribution in [0.5, 0.6) is 0 Å². The number of hydrogen-bond donors (Lipinski definition) is 0. The molecular formula is C58H104O6. The Kier molecular flexibility index (Phi) is 50.8. The first-order valence-electron chi connectivity index (χ1n) is 27.6. The van der Waals surface area contributed by atoms with Gasteiger partial charge >= 0.3 is 17.9 Å². The maximum absolute atomic E-state index is 12.8. The second kappa shape index (κ2) is 53.0. The molecule has 0 saturated heterocycles. The highest BCUT2D eigenvalue weighted by atomic mass is 16.6. The Bertz CT molecular complexity index is 1120. The van der Waals surface area contributed by atoms with Crippen LogP contribution in [0.4, 0.5) is 0 Å². The van der Waals surface area contributed by atoms with Gasteiger partial charge in [-0.1, -0.05) is 230 Å². The lowest BCUT2D eigenvalue weighted by Gasteiger charge is -2.18. The average molecular weight is 897 g/mol. The Morgan fingerprint density at radius 3 is 0.891 bits per heavy atom. The molecule has 0 N–H and O–H groups in total. The van der Waals surface area contributed by atoms with E-state index in [1.165, 1.54) is 167 Å². The smallest absolute Gasteiger partial charge is 0.306 e. The lowest BCUT2D eigenvalue weighted by molar-refractivity contribution is -0.167. The van der Waals surface area contributed by atoms with Gasteiger partial charge in [0.2, 0.25) is 0 Å². The van der Waals surface area contributed by atoms with Gasteiger partial charge in [-0.2, -0.15) is 0 Å². The number of carbonyl (C=O) groups excluding carboxylic acids is 3. The first-order chi connectivity index (χ1) is 31.5. The first kappa shape index (κ1) is 61.4. The summed E-state index contributed by atoms with van der Waals surface area (Å²) in [6.07, 6.45) is 64.1. The highest BCUT2D eigenvalue weighted by Crippen LogP contribution is 2.15. The molecule has 372 valence electrons. The molecule has 0 aromatic rings. The van der Waals surface area contributed by atoms with Crippen LogP contribution in [0.25, 0.3) is 0 Å². The minimum Gasteiger partial charge on any atom is -0.462 e. The maximum atomic E-state index is 12.8. The number of esters is 3. The van der Waals surface area contributed by atoms with Gasteiger partial charge in [0.1, 0.15) is 13.2 Å². The van der Waals surface area contributed by atoms with Gasteiger partial charge < -0.3 is 14.2 Å². The molecule has 6 heteroatoms. The van der Waals surface area contributed by atoms with Crippen LogP contribution in [0.1, 0.15) is 284 Å². The van der Waals surface area contributed by atoms with E-state index in [4.69, 9.17) is 14.2 Å². The molecule has 0 saturated carbocycles. The van der Waals surface area contributed by atoms with Crippen LogP contribution in [0.3, 0.4) is 0 Å². The minimum absolute atomic E-state index is 0.0766. The number of carbonyl (C=O) groups is 3. The molecule has 0 aliphatic carbocycles. The zero-order chi connectivity index (χ0) is 46.5. The zero-order valence-corrected chi connectivity index (χ0v) is 42.6. The Balaban J connectivity index is 4.13. The van der Waals surface area contributed by atoms with E-state index in [1.807, 2.05) is 0 Å². The molecule has 64 heavy (non-hydrogen) atoms. The van der Waals surface area contributed by atoms with Crippen LogP contribution in [0.2, 0.25) is 0 Å². The Hall–Kier alpha value is -2.63. The fourth-order valence-electron chi connectivity index (χ4n) is 7.86. The number of allylic oxidation sites excluding steroid dienone is 8. The molecule has 0 amide bonds. The van der Waals surface area contributed by atoms with Crippen molar-refractivity contribution < 1.29 is 28.6 Å². The molecule has 0 radical (unpaired) electrons. The third-order valence-corrected chi connectivity index (χ3v) is 12.1. The average Bonchev–Trinajstić information content (AvgIpc) is 3.29. The van der Waals surface area contributed by atoms with Crippen LogP contribution < -0.4 is 0 Å². The maximum Gasteiger partial charge on any atom is 0.306 e. The number of ether oxygens (including phenoxy) is 3. The van der Waals surface area contributed by atoms with E-state index in [0.717, 1.165) is 77.0 Å². The highest BCUT2D eigenvalue weighted by Gasteiger charge is 2.19. The van der Waals surface area contributed by atoms with Crippen molar-refractivity contribution in [1.29, 1.82) is 0 Å². The lowest BCUT2D eigenvalue weighted by Crippen LogP contribution is -2.30. The van der Waals surface area contributed by atoms with Gasteiger partial charge in [0, 0.05) is 19.3 Å². The van der Waals surface area contributed by atoms with Crippen molar-refractivity contribution in [2.45, 2.75) is 290 Å². The summed E-state index contributed by atoms with van der Waals surface area (Å²) in [5.41, 5.74) is 0. The molecular weight excluding hydrogens is 793 g/mol. The molecule has 0 heterocycles. The van der Waals surface area contributed by atoms with E-state index in [1.54, 1.807) is 0 Å². The van der Waals surface area contributed by atoms with Crippen molar-refractivity contribution in [2.75, 3.05) is 13.2 Å². The molecule has 0 rings (SSSR count). The third-order valence-electron chi connectivity index (χ3n) is 12.1. The molecule has 0 aromatic heterocycles. The monoisotopic (exact) mass is 897 g/mol. The van der Waals surface area contributed by atoms with E-state index in [9.17, 15) is 14.4 Å². The normalized spacial score (nSPS) is 12.4. The Labute approximate surface area is 397 Å². The standard InChI is InChI=1S/C58H104O6/c1-4-7-10-13-16-18-20-22-24-25-26-27-28-29-30-31-32-33-35-36-38-40-42-45-48-51-57(60)63-54-55(53-62-56(59)50-47-44-15-12-9-6-3)64-58(61)52-49-46-43-41-39-37-34-23-21-19-17-14-11-8-5-2/h20,22-23,25-26,28-29,34,55H,4-19,21,24,27,30-33,35-54H2,1-3H3/b22-20-,26-25-,29-28-,34-23-. The number of rotatable bonds is 50. The van der Waals surface area contributed by atoms with Gasteiger partial charge in [-0.3, -0.25) is 14.4 Å². The Morgan fingerprint density at radius 2 is 0.562 bits per heavy atom. The summed E-state index contributed by atoms with van der Waals surface area (Å²) in [5.74, 6) is -0.891. The third kappa shape index (κ3) is 50.4. The van der Waals surface area contributed by atoms with Gasteiger partial charge in [-0.15, -0.1) is 0 Å². The van der Waals surface area contributed by atoms with Gasteiger partial charge in [-0.25, -0.2) is 0 Å². The zero-order valence-electron chi connectivity index (χ0n) is 42.6. The first-order valence-corrected chi connectivity index (χ1v) is 27.6. The highest BCUT2D eigenvalue weighted by molar-refractivity contribution is 5.71. The topological polar surface area (TPSA) is 78.9 Å². The van der Waals surface area contributed by atoms with Crippen LogP contribution >= 0.6 is 0 Å². The SMILES string of the molecule is CCCCCCC/C=C\C/C=C\C/C=C\CCCCCCCCCCCCC(=O)OCC(COC(=O)CCCCCCCC)OC(=O)CCCCCCC/C=C\CCCCCCCC. The van der Waals surface area contributed by atoms with E-state index in [0.29, 0.717) is 19.3 Å². The molecule has 1 unspecified atom stereocenters. The van der Waals surface area contributed by atoms with Gasteiger partial charge in [-0.05, 0) is 83.5 Å². The summed E-state index contributed by atoms with van der Waals surface area (Å²) in [7, 11) is 0. The van der Waals surface area contributed by atoms with Crippen molar-refractivity contribution >= 4 is 17.9 Å². The largest absolute Gasteiger partial charge is 0.462 e. The van der Waals surface area contributed by atoms with Gasteiger partial charge in [0.05, 0.1) is 0 Å². The van der Waals surface area contributed by atoms with Crippen LogP contribution in [-0.4, -0.2) is 37.2 Å². The van der Waals surface area contributed by atoms with E-state index >= 15 is 0 Å². The molecule has 0 fully saturated rings. The lowest BCUT2D eigenvalue weighted by atomic mass is 10.1. The van der Waals surface area contributed by atoms with Crippen LogP contribution in [-0.2, 0) is 28.6 Å². The van der Waals surface area contributed by atoms with Crippen molar-refractivity contribution in [3.8, 4) is 0 Å². The molecule has 0 spiro atoms. The summed E-state index contributed by atoms with van der Waals surface area (Å²) in [5, 5.41) is 0. The van der Waals surface area contributed by atoms with Gasteiger partial charge in [0.25, 0.3) is 0 Å². The molecule has 6 nitrogen and oxygen atoms in total. The number of hydrogen-bond acceptors (Lipinski definition) is 6. The summed E-state index contributed by atoms with van der Waals surface area (Å²) in [6, 6.07) is 0.